The van der Waals surface area contributed by atoms with E-state index < -0.39 is 34.6 Å². The number of carbonyl (C=O) groups excluding carboxylic acids is 2. The van der Waals surface area contributed by atoms with Crippen molar-refractivity contribution in [2.45, 2.75) is 24.9 Å². The first kappa shape index (κ1) is 26.5. The summed E-state index contributed by atoms with van der Waals surface area (Å²) in [5.74, 6) is -2.65. The highest BCUT2D eigenvalue weighted by atomic mass is 35.5. The predicted octanol–water partition coefficient (Wildman–Crippen LogP) is 3.17. The van der Waals surface area contributed by atoms with Crippen LogP contribution in [0.1, 0.15) is 40.7 Å². The predicted molar refractivity (Wildman–Crippen MR) is 147 cm³/mol. The zero-order valence-corrected chi connectivity index (χ0v) is 23.1. The Morgan fingerprint density at radius 3 is 2.44 bits per heavy atom. The van der Waals surface area contributed by atoms with Gasteiger partial charge >= 0.3 is 0 Å². The second-order valence-electron chi connectivity index (χ2n) is 10.00. The number of methoxy groups -OCH3 is 3. The number of aromatic amines is 1. The molecular formula is C28H25ClN4O8. The van der Waals surface area contributed by atoms with Gasteiger partial charge in [0.25, 0.3) is 5.56 Å². The zero-order valence-electron chi connectivity index (χ0n) is 22.4. The number of allylic oxidation sites excluding steroid dienone is 1. The molecule has 1 spiro atoms. The van der Waals surface area contributed by atoms with E-state index in [0.29, 0.717) is 11.3 Å². The molecule has 3 aliphatic rings. The third-order valence-electron chi connectivity index (χ3n) is 7.89. The summed E-state index contributed by atoms with van der Waals surface area (Å²) in [6, 6.07) is 5.99. The highest BCUT2D eigenvalue weighted by Crippen LogP contribution is 2.56. The maximum absolute atomic E-state index is 14.7. The van der Waals surface area contributed by atoms with Crippen molar-refractivity contribution >= 4 is 34.9 Å². The number of halogens is 1. The number of rotatable bonds is 4. The molecule has 6 rings (SSSR count). The zero-order chi connectivity index (χ0) is 29.4. The molecule has 0 saturated heterocycles. The summed E-state index contributed by atoms with van der Waals surface area (Å²) in [5, 5.41) is 13.7. The summed E-state index contributed by atoms with van der Waals surface area (Å²) in [7, 11) is 4.19. The highest BCUT2D eigenvalue weighted by molar-refractivity contribution is 6.36. The van der Waals surface area contributed by atoms with Crippen LogP contribution in [0, 0.1) is 5.92 Å². The van der Waals surface area contributed by atoms with Gasteiger partial charge in [-0.1, -0.05) is 24.6 Å². The Labute approximate surface area is 238 Å². The van der Waals surface area contributed by atoms with Crippen LogP contribution in [0.5, 0.6) is 28.7 Å². The minimum atomic E-state index is -2.01. The quantitative estimate of drug-likeness (QED) is 0.333. The van der Waals surface area contributed by atoms with Crippen LogP contribution in [0.3, 0.4) is 0 Å². The van der Waals surface area contributed by atoms with E-state index in [9.17, 15) is 19.5 Å². The first-order chi connectivity index (χ1) is 19.6. The standard InChI is InChI=1S/C28H25ClN4O8/c1-10-7-12-18(23(35)28(10)24(36)19-15(39-3)9-16(40-4)21(29)22(19)41-28)17(11-5-6-14(38-2)13(34)8-11)20-25(31-12)32-27(30)33-26(20)37/h5-6,8-10,17,34H,7H2,1-4H3,(H4,30,31,32,33,37)/t10-,17?,28+/m1/s1. The molecule has 2 aromatic carbocycles. The maximum atomic E-state index is 14.7. The van der Waals surface area contributed by atoms with Crippen molar-refractivity contribution in [2.75, 3.05) is 32.4 Å². The first-order valence-electron chi connectivity index (χ1n) is 12.6. The largest absolute Gasteiger partial charge is 0.504 e. The van der Waals surface area contributed by atoms with Crippen LogP contribution in [0.2, 0.25) is 5.02 Å². The minimum Gasteiger partial charge on any atom is -0.504 e. The highest BCUT2D eigenvalue weighted by Gasteiger charge is 2.63. The molecule has 2 aliphatic heterocycles. The van der Waals surface area contributed by atoms with Crippen molar-refractivity contribution in [2.24, 2.45) is 5.92 Å². The molecule has 0 amide bonds. The molecule has 3 heterocycles. The number of benzene rings is 2. The van der Waals surface area contributed by atoms with E-state index in [1.54, 1.807) is 13.0 Å². The number of aromatic nitrogens is 2. The first-order valence-corrected chi connectivity index (χ1v) is 12.9. The van der Waals surface area contributed by atoms with Crippen LogP contribution in [-0.4, -0.2) is 53.6 Å². The molecule has 41 heavy (non-hydrogen) atoms. The van der Waals surface area contributed by atoms with Crippen molar-refractivity contribution in [3.8, 4) is 28.7 Å². The molecule has 0 radical (unpaired) electrons. The molecule has 3 atom stereocenters. The van der Waals surface area contributed by atoms with Crippen molar-refractivity contribution in [3.05, 3.63) is 67.6 Å². The fraction of sp³-hybridized carbons (Fsp3) is 0.286. The van der Waals surface area contributed by atoms with Gasteiger partial charge in [0.15, 0.2) is 17.2 Å². The topological polar surface area (TPSA) is 175 Å². The fourth-order valence-electron chi connectivity index (χ4n) is 5.99. The van der Waals surface area contributed by atoms with Crippen molar-refractivity contribution in [1.82, 2.24) is 9.97 Å². The fourth-order valence-corrected chi connectivity index (χ4v) is 6.25. The SMILES string of the molecule is COc1ccc(C2C3=C(C[C@@H](C)[C@]4(Oc5c(Cl)c(OC)cc(OC)c5C4=O)C3=O)Nc3nc(N)[nH]c(=O)c32)cc1O. The lowest BCUT2D eigenvalue weighted by Crippen LogP contribution is -2.58. The number of phenols is 1. The number of nitrogens with zero attached hydrogens (tertiary/aromatic N) is 1. The van der Waals surface area contributed by atoms with Crippen LogP contribution in [0.25, 0.3) is 0 Å². The van der Waals surface area contributed by atoms with E-state index in [-0.39, 0.29) is 68.7 Å². The summed E-state index contributed by atoms with van der Waals surface area (Å²) in [4.78, 5) is 49.0. The lowest BCUT2D eigenvalue weighted by Gasteiger charge is -2.42. The van der Waals surface area contributed by atoms with E-state index in [1.807, 2.05) is 0 Å². The molecule has 1 aliphatic carbocycles. The van der Waals surface area contributed by atoms with Crippen LogP contribution in [-0.2, 0) is 4.79 Å². The summed E-state index contributed by atoms with van der Waals surface area (Å²) in [6.07, 6.45) is 0.171. The van der Waals surface area contributed by atoms with Crippen LogP contribution >= 0.6 is 11.6 Å². The average molecular weight is 581 g/mol. The van der Waals surface area contributed by atoms with E-state index in [4.69, 9.17) is 36.3 Å². The summed E-state index contributed by atoms with van der Waals surface area (Å²) in [6.45, 7) is 1.72. The van der Waals surface area contributed by atoms with Crippen molar-refractivity contribution < 1.29 is 33.6 Å². The number of nitrogen functional groups attached to an aromatic ring is 1. The Hall–Kier alpha value is -4.71. The van der Waals surface area contributed by atoms with Gasteiger partial charge in [-0.3, -0.25) is 19.4 Å². The van der Waals surface area contributed by atoms with Gasteiger partial charge in [0.2, 0.25) is 23.1 Å². The molecule has 0 fully saturated rings. The molecule has 0 saturated carbocycles. The normalized spacial score (nSPS) is 22.5. The molecule has 1 aromatic heterocycles. The number of Topliss-reactive ketones (excluding diaryl/α,β-unsaturated/α-hetero) is 2. The molecule has 3 aromatic rings. The maximum Gasteiger partial charge on any atom is 0.258 e. The number of fused-ring (bicyclic) bond motifs is 2. The Morgan fingerprint density at radius 2 is 1.78 bits per heavy atom. The smallest absolute Gasteiger partial charge is 0.258 e. The third kappa shape index (κ3) is 3.53. The van der Waals surface area contributed by atoms with E-state index in [2.05, 4.69) is 15.3 Å². The molecule has 12 nitrogen and oxygen atoms in total. The van der Waals surface area contributed by atoms with Crippen LogP contribution < -0.4 is 35.6 Å². The molecule has 212 valence electrons. The number of anilines is 2. The minimum absolute atomic E-state index is 0.0211. The summed E-state index contributed by atoms with van der Waals surface area (Å²) in [5.41, 5.74) is 4.28. The monoisotopic (exact) mass is 580 g/mol. The van der Waals surface area contributed by atoms with Crippen LogP contribution in [0.4, 0.5) is 11.8 Å². The van der Waals surface area contributed by atoms with Crippen molar-refractivity contribution in [1.29, 1.82) is 0 Å². The number of nitrogens with one attached hydrogen (secondary N) is 2. The molecule has 5 N–H and O–H groups in total. The van der Waals surface area contributed by atoms with Gasteiger partial charge in [-0.2, -0.15) is 4.98 Å². The van der Waals surface area contributed by atoms with Gasteiger partial charge in [-0.25, -0.2) is 0 Å². The second kappa shape index (κ2) is 9.16. The molecule has 1 unspecified atom stereocenters. The van der Waals surface area contributed by atoms with E-state index >= 15 is 0 Å². The lowest BCUT2D eigenvalue weighted by molar-refractivity contribution is -0.130. The van der Waals surface area contributed by atoms with Gasteiger partial charge in [0, 0.05) is 29.2 Å². The number of hydrogen-bond donors (Lipinski definition) is 4. The van der Waals surface area contributed by atoms with Crippen LogP contribution in [0.15, 0.2) is 40.3 Å². The number of H-pyrrole nitrogens is 1. The number of phenolic OH excluding ortho intramolecular Hbond substituents is 1. The van der Waals surface area contributed by atoms with Gasteiger partial charge in [-0.15, -0.1) is 0 Å². The Kier molecular flexibility index (Phi) is 5.93. The average Bonchev–Trinajstić information content (AvgIpc) is 3.25. The van der Waals surface area contributed by atoms with E-state index in [0.717, 1.165) is 0 Å². The van der Waals surface area contributed by atoms with Crippen molar-refractivity contribution in [3.63, 3.8) is 0 Å². The Bertz CT molecular complexity index is 1770. The number of hydrogen-bond acceptors (Lipinski definition) is 11. The molecule has 0 bridgehead atoms. The number of carbonyl (C=O) groups is 2. The number of nitrogens with two attached hydrogens (primary N) is 1. The van der Waals surface area contributed by atoms with E-state index in [1.165, 1.54) is 39.5 Å². The molecular weight excluding hydrogens is 556 g/mol. The number of ketones is 2. The molecule has 13 heteroatoms. The van der Waals surface area contributed by atoms with Gasteiger partial charge in [0.1, 0.15) is 27.9 Å². The Balaban J connectivity index is 1.58. The van der Waals surface area contributed by atoms with Gasteiger partial charge in [-0.05, 0) is 24.1 Å². The lowest BCUT2D eigenvalue weighted by atomic mass is 9.66. The number of aromatic hydroxyl groups is 1. The third-order valence-corrected chi connectivity index (χ3v) is 8.24. The number of ether oxygens (including phenoxy) is 4. The second-order valence-corrected chi connectivity index (χ2v) is 10.4. The van der Waals surface area contributed by atoms with Gasteiger partial charge < -0.3 is 35.1 Å². The summed E-state index contributed by atoms with van der Waals surface area (Å²) < 4.78 is 22.2. The van der Waals surface area contributed by atoms with Gasteiger partial charge in [0.05, 0.1) is 26.9 Å². The summed E-state index contributed by atoms with van der Waals surface area (Å²) >= 11 is 6.56. The Morgan fingerprint density at radius 1 is 1.07 bits per heavy atom.